The van der Waals surface area contributed by atoms with Gasteiger partial charge in [-0.25, -0.2) is 4.57 Å². The molecule has 19 atom stereocenters. The topological polar surface area (TPSA) is 374 Å². The largest absolute Gasteiger partial charge is 0.472 e. The van der Waals surface area contributed by atoms with Crippen LogP contribution >= 0.6 is 7.82 Å². The first-order chi connectivity index (χ1) is 48.2. The number of unbranched alkanes of at least 4 members (excludes halogenated alkanes) is 37. The van der Waals surface area contributed by atoms with Gasteiger partial charge in [-0.05, 0) is 25.2 Å². The lowest BCUT2D eigenvalue weighted by Crippen LogP contribution is -2.69. The Bertz CT molecular complexity index is 2080. The number of carbonyl (C=O) groups is 3. The molecule has 1 aliphatic carbocycles. The summed E-state index contributed by atoms with van der Waals surface area (Å²) in [4.78, 5) is 51.1. The lowest BCUT2D eigenvalue weighted by Gasteiger charge is -2.49. The second-order valence-corrected chi connectivity index (χ2v) is 30.5. The van der Waals surface area contributed by atoms with E-state index in [0.717, 1.165) is 96.3 Å². The predicted octanol–water partition coefficient (Wildman–Crippen LogP) is 11.6. The third kappa shape index (κ3) is 39.0. The first-order valence-electron chi connectivity index (χ1n) is 39.7. The summed E-state index contributed by atoms with van der Waals surface area (Å²) in [6.45, 7) is 5.82. The molecule has 0 aromatic rings. The van der Waals surface area contributed by atoms with Crippen molar-refractivity contribution in [1.82, 2.24) is 0 Å². The molecule has 25 heteroatoms. The van der Waals surface area contributed by atoms with Gasteiger partial charge < -0.3 is 89.1 Å². The second kappa shape index (κ2) is 56.3. The average Bonchev–Trinajstić information content (AvgIpc) is 0.762. The fraction of sp³-hybridized carbons (Fsp3) is 0.960. The maximum absolute atomic E-state index is 14.4. The molecule has 0 bridgehead atoms. The zero-order valence-electron chi connectivity index (χ0n) is 61.9. The van der Waals surface area contributed by atoms with Crippen molar-refractivity contribution < 1.29 is 117 Å². The molecular formula is C75H141O24P. The number of aliphatic hydroxyl groups is 10. The van der Waals surface area contributed by atoms with Gasteiger partial charge in [0.2, 0.25) is 0 Å². The van der Waals surface area contributed by atoms with E-state index >= 15 is 0 Å². The van der Waals surface area contributed by atoms with Crippen LogP contribution in [0, 0.1) is 5.92 Å². The number of hydrogen-bond donors (Lipinski definition) is 11. The van der Waals surface area contributed by atoms with Gasteiger partial charge in [0, 0.05) is 19.3 Å². The first kappa shape index (κ1) is 92.2. The summed E-state index contributed by atoms with van der Waals surface area (Å²) in [7, 11) is -5.70. The Morgan fingerprint density at radius 3 is 1.08 bits per heavy atom. The molecule has 2 saturated heterocycles. The van der Waals surface area contributed by atoms with E-state index in [4.69, 9.17) is 42.2 Å². The Balaban J connectivity index is 1.72. The number of rotatable bonds is 62. The van der Waals surface area contributed by atoms with Gasteiger partial charge in [0.15, 0.2) is 18.7 Å². The molecule has 3 rings (SSSR count). The van der Waals surface area contributed by atoms with Crippen LogP contribution in [0.5, 0.6) is 0 Å². The minimum Gasteiger partial charge on any atom is -0.463 e. The van der Waals surface area contributed by atoms with E-state index in [9.17, 15) is 74.9 Å². The maximum Gasteiger partial charge on any atom is 0.472 e. The van der Waals surface area contributed by atoms with E-state index in [-0.39, 0.29) is 19.3 Å². The Morgan fingerprint density at radius 2 is 0.700 bits per heavy atom. The van der Waals surface area contributed by atoms with Crippen LogP contribution in [0.3, 0.4) is 0 Å². The SMILES string of the molecule is CCCCCCCCCCCCCCCCCC(=O)OC(COC(=O)CCCCCCCCC(C)CCCCCCCC)COP(=O)(O)OC1C(OC2OC(CO)C(O)C(O)C2O)C(O)C(O)C(O)C1OC1OC(COC(=O)CCCCCCCCCCCCCCCC)C(O)C(O)C1O. The van der Waals surface area contributed by atoms with Gasteiger partial charge in [0.05, 0.1) is 13.2 Å². The Kier molecular flexibility index (Phi) is 51.9. The number of hydrogen-bond acceptors (Lipinski definition) is 23. The molecule has 590 valence electrons. The van der Waals surface area contributed by atoms with Crippen molar-refractivity contribution in [2.24, 2.45) is 5.92 Å². The van der Waals surface area contributed by atoms with E-state index in [1.54, 1.807) is 0 Å². The fourth-order valence-corrected chi connectivity index (χ4v) is 14.4. The van der Waals surface area contributed by atoms with Crippen LogP contribution in [0.1, 0.15) is 323 Å². The Morgan fingerprint density at radius 1 is 0.380 bits per heavy atom. The number of carbonyl (C=O) groups excluding carboxylic acids is 3. The van der Waals surface area contributed by atoms with Crippen molar-refractivity contribution in [3.8, 4) is 0 Å². The van der Waals surface area contributed by atoms with Crippen molar-refractivity contribution in [3.05, 3.63) is 0 Å². The highest BCUT2D eigenvalue weighted by molar-refractivity contribution is 7.47. The molecule has 19 unspecified atom stereocenters. The maximum atomic E-state index is 14.4. The summed E-state index contributed by atoms with van der Waals surface area (Å²) in [5.41, 5.74) is 0. The Labute approximate surface area is 600 Å². The van der Waals surface area contributed by atoms with Crippen LogP contribution in [0.15, 0.2) is 0 Å². The number of phosphoric ester groups is 1. The van der Waals surface area contributed by atoms with E-state index in [1.165, 1.54) is 161 Å². The average molecular weight is 1460 g/mol. The number of aliphatic hydroxyl groups excluding tert-OH is 10. The zero-order valence-corrected chi connectivity index (χ0v) is 62.8. The zero-order chi connectivity index (χ0) is 73.3. The summed E-state index contributed by atoms with van der Waals surface area (Å²) in [5.74, 6) is -1.27. The smallest absolute Gasteiger partial charge is 0.463 e. The highest BCUT2D eigenvalue weighted by atomic mass is 31.2. The molecular weight excluding hydrogens is 1320 g/mol. The molecule has 0 amide bonds. The molecule has 3 fully saturated rings. The molecule has 0 spiro atoms. The van der Waals surface area contributed by atoms with E-state index < -0.39 is 156 Å². The normalized spacial score (nSPS) is 27.6. The van der Waals surface area contributed by atoms with Crippen LogP contribution < -0.4 is 0 Å². The minimum atomic E-state index is -5.70. The molecule has 3 aliphatic rings. The van der Waals surface area contributed by atoms with Crippen molar-refractivity contribution in [2.45, 2.75) is 427 Å². The molecule has 11 N–H and O–H groups in total. The summed E-state index contributed by atoms with van der Waals surface area (Å²) < 4.78 is 65.2. The summed E-state index contributed by atoms with van der Waals surface area (Å²) in [5, 5.41) is 110. The van der Waals surface area contributed by atoms with Crippen LogP contribution in [0.4, 0.5) is 0 Å². The summed E-state index contributed by atoms with van der Waals surface area (Å²) >= 11 is 0. The number of ether oxygens (including phenoxy) is 7. The Hall–Kier alpha value is -2.04. The van der Waals surface area contributed by atoms with Crippen LogP contribution in [0.2, 0.25) is 0 Å². The van der Waals surface area contributed by atoms with Gasteiger partial charge in [0.25, 0.3) is 0 Å². The van der Waals surface area contributed by atoms with Crippen molar-refractivity contribution in [1.29, 1.82) is 0 Å². The van der Waals surface area contributed by atoms with Crippen molar-refractivity contribution in [2.75, 3.05) is 26.4 Å². The quantitative estimate of drug-likeness (QED) is 0.0117. The van der Waals surface area contributed by atoms with Crippen LogP contribution in [0.25, 0.3) is 0 Å². The summed E-state index contributed by atoms with van der Waals surface area (Å²) in [6.07, 6.45) is 12.9. The van der Waals surface area contributed by atoms with E-state index in [0.29, 0.717) is 25.2 Å². The summed E-state index contributed by atoms with van der Waals surface area (Å²) in [6, 6.07) is 0. The van der Waals surface area contributed by atoms with Crippen LogP contribution in [-0.4, -0.2) is 204 Å². The monoisotopic (exact) mass is 1460 g/mol. The lowest BCUT2D eigenvalue weighted by atomic mass is 9.84. The van der Waals surface area contributed by atoms with Gasteiger partial charge in [-0.2, -0.15) is 0 Å². The van der Waals surface area contributed by atoms with Gasteiger partial charge in [-0.1, -0.05) is 285 Å². The third-order valence-electron chi connectivity index (χ3n) is 20.0. The molecule has 0 aromatic carbocycles. The molecule has 0 aromatic heterocycles. The molecule has 0 radical (unpaired) electrons. The second-order valence-electron chi connectivity index (χ2n) is 29.1. The lowest BCUT2D eigenvalue weighted by molar-refractivity contribution is -0.360. The first-order valence-corrected chi connectivity index (χ1v) is 41.2. The van der Waals surface area contributed by atoms with E-state index in [2.05, 4.69) is 27.7 Å². The van der Waals surface area contributed by atoms with E-state index in [1.807, 2.05) is 0 Å². The third-order valence-corrected chi connectivity index (χ3v) is 21.0. The number of phosphoric acid groups is 1. The van der Waals surface area contributed by atoms with Gasteiger partial charge in [-0.15, -0.1) is 0 Å². The highest BCUT2D eigenvalue weighted by Crippen LogP contribution is 2.49. The van der Waals surface area contributed by atoms with Gasteiger partial charge in [-0.3, -0.25) is 23.4 Å². The molecule has 24 nitrogen and oxygen atoms in total. The predicted molar refractivity (Wildman–Crippen MR) is 379 cm³/mol. The molecule has 2 aliphatic heterocycles. The number of esters is 3. The standard InChI is InChI=1S/C75H141O24P/c1-5-8-11-14-17-19-21-23-25-27-29-31-33-40-45-50-61(79)94-56(52-91-59(77)48-43-39-35-34-37-42-47-55(4)46-41-36-16-13-10-7-3)53-93-100(89,90)99-73-71(97-74-69(87)64(82)62(80)57(51-76)95-74)67(85)66(84)68(86)72(73)98-75-70(88)65(83)63(81)58(96-75)54-92-60(78)49-44-38-32-30-28-26-24-22-20-18-15-12-9-6-2/h55-58,62-76,80-88H,5-54H2,1-4H3,(H,89,90). The van der Waals surface area contributed by atoms with Gasteiger partial charge >= 0.3 is 25.7 Å². The van der Waals surface area contributed by atoms with Crippen LogP contribution in [-0.2, 0) is 61.2 Å². The molecule has 1 saturated carbocycles. The molecule has 2 heterocycles. The minimum absolute atomic E-state index is 0.0334. The molecule has 100 heavy (non-hydrogen) atoms. The highest BCUT2D eigenvalue weighted by Gasteiger charge is 2.58. The fourth-order valence-electron chi connectivity index (χ4n) is 13.5. The van der Waals surface area contributed by atoms with Gasteiger partial charge in [0.1, 0.15) is 98.7 Å². The van der Waals surface area contributed by atoms with Crippen molar-refractivity contribution in [3.63, 3.8) is 0 Å². The van der Waals surface area contributed by atoms with Crippen molar-refractivity contribution >= 4 is 25.7 Å².